The Balaban J connectivity index is 2.65. The monoisotopic (exact) mass is 264 g/mol. The van der Waals surface area contributed by atoms with E-state index < -0.39 is 0 Å². The lowest BCUT2D eigenvalue weighted by atomic mass is 10.0. The molecule has 19 heavy (non-hydrogen) atoms. The van der Waals surface area contributed by atoms with Crippen LogP contribution in [0.1, 0.15) is 37.3 Å². The van der Waals surface area contributed by atoms with Crippen molar-refractivity contribution in [3.05, 3.63) is 29.3 Å². The molecule has 4 nitrogen and oxygen atoms in total. The van der Waals surface area contributed by atoms with Crippen molar-refractivity contribution in [2.24, 2.45) is 0 Å². The molecular formula is C15H24N2O2. The fraction of sp³-hybridized carbons (Fsp3) is 0.533. The molecule has 0 saturated heterocycles. The van der Waals surface area contributed by atoms with Gasteiger partial charge < -0.3 is 15.4 Å². The molecule has 0 aliphatic carbocycles. The lowest BCUT2D eigenvalue weighted by Gasteiger charge is -2.13. The van der Waals surface area contributed by atoms with Crippen LogP contribution < -0.4 is 15.4 Å². The van der Waals surface area contributed by atoms with Gasteiger partial charge in [0.15, 0.2) is 0 Å². The van der Waals surface area contributed by atoms with Gasteiger partial charge >= 0.3 is 0 Å². The van der Waals surface area contributed by atoms with E-state index in [9.17, 15) is 4.79 Å². The fourth-order valence-electron chi connectivity index (χ4n) is 1.79. The van der Waals surface area contributed by atoms with Gasteiger partial charge in [0.1, 0.15) is 5.75 Å². The highest BCUT2D eigenvalue weighted by Gasteiger charge is 2.08. The van der Waals surface area contributed by atoms with Gasteiger partial charge in [0.2, 0.25) is 5.91 Å². The second-order valence-electron chi connectivity index (χ2n) is 4.86. The number of hydrogen-bond donors (Lipinski definition) is 2. The zero-order chi connectivity index (χ0) is 14.3. The van der Waals surface area contributed by atoms with E-state index in [-0.39, 0.29) is 5.91 Å². The Bertz CT molecular complexity index is 417. The normalized spacial score (nSPS) is 10.6. The van der Waals surface area contributed by atoms with Gasteiger partial charge in [-0.2, -0.15) is 0 Å². The molecule has 0 heterocycles. The van der Waals surface area contributed by atoms with Gasteiger partial charge in [0.25, 0.3) is 0 Å². The Morgan fingerprint density at radius 3 is 2.68 bits per heavy atom. The van der Waals surface area contributed by atoms with Gasteiger partial charge in [0, 0.05) is 25.1 Å². The minimum absolute atomic E-state index is 0.0457. The number of hydrogen-bond acceptors (Lipinski definition) is 3. The number of carbonyl (C=O) groups is 1. The average Bonchev–Trinajstić information content (AvgIpc) is 2.42. The smallest absolute Gasteiger partial charge is 0.221 e. The van der Waals surface area contributed by atoms with Crippen LogP contribution in [-0.2, 0) is 11.3 Å². The number of methoxy groups -OCH3 is 1. The number of benzene rings is 1. The number of amides is 1. The summed E-state index contributed by atoms with van der Waals surface area (Å²) < 4.78 is 5.39. The Hall–Kier alpha value is -1.55. The standard InChI is InChI=1S/C15H24N2O2/c1-11(2)12-5-6-13(14(9-12)19-4)10-17-15(18)7-8-16-3/h5-6,9,11,16H,7-8,10H2,1-4H3,(H,17,18). The van der Waals surface area contributed by atoms with E-state index in [1.54, 1.807) is 7.11 Å². The summed E-state index contributed by atoms with van der Waals surface area (Å²) in [5, 5.41) is 5.85. The Labute approximate surface area is 115 Å². The van der Waals surface area contributed by atoms with Crippen LogP contribution in [0.25, 0.3) is 0 Å². The number of nitrogens with one attached hydrogen (secondary N) is 2. The predicted octanol–water partition coefficient (Wildman–Crippen LogP) is 2.04. The van der Waals surface area contributed by atoms with Crippen LogP contribution in [0.2, 0.25) is 0 Å². The molecule has 2 N–H and O–H groups in total. The third kappa shape index (κ3) is 4.91. The Morgan fingerprint density at radius 1 is 1.37 bits per heavy atom. The molecule has 1 aromatic rings. The van der Waals surface area contributed by atoms with Crippen molar-refractivity contribution in [3.63, 3.8) is 0 Å². The summed E-state index contributed by atoms with van der Waals surface area (Å²) in [7, 11) is 3.49. The van der Waals surface area contributed by atoms with Gasteiger partial charge in [0.05, 0.1) is 7.11 Å². The SMILES string of the molecule is CNCCC(=O)NCc1ccc(C(C)C)cc1OC. The van der Waals surface area contributed by atoms with E-state index in [4.69, 9.17) is 4.74 Å². The van der Waals surface area contributed by atoms with Crippen molar-refractivity contribution in [2.45, 2.75) is 32.7 Å². The summed E-state index contributed by atoms with van der Waals surface area (Å²) in [4.78, 5) is 11.6. The summed E-state index contributed by atoms with van der Waals surface area (Å²) in [6.45, 7) is 5.49. The third-order valence-electron chi connectivity index (χ3n) is 3.06. The summed E-state index contributed by atoms with van der Waals surface area (Å²) in [5.41, 5.74) is 2.24. The maximum Gasteiger partial charge on any atom is 0.221 e. The first-order valence-electron chi connectivity index (χ1n) is 6.66. The molecule has 1 aromatic carbocycles. The molecule has 106 valence electrons. The largest absolute Gasteiger partial charge is 0.496 e. The van der Waals surface area contributed by atoms with Crippen LogP contribution in [0.15, 0.2) is 18.2 Å². The van der Waals surface area contributed by atoms with Crippen LogP contribution in [0.5, 0.6) is 5.75 Å². The van der Waals surface area contributed by atoms with Crippen LogP contribution in [-0.4, -0.2) is 26.6 Å². The molecule has 1 amide bonds. The predicted molar refractivity (Wildman–Crippen MR) is 77.5 cm³/mol. The number of rotatable bonds is 7. The van der Waals surface area contributed by atoms with E-state index in [2.05, 4.69) is 30.5 Å². The highest BCUT2D eigenvalue weighted by molar-refractivity contribution is 5.76. The molecule has 0 saturated carbocycles. The first kappa shape index (κ1) is 15.5. The lowest BCUT2D eigenvalue weighted by Crippen LogP contribution is -2.26. The number of ether oxygens (including phenoxy) is 1. The van der Waals surface area contributed by atoms with Crippen molar-refractivity contribution in [2.75, 3.05) is 20.7 Å². The van der Waals surface area contributed by atoms with E-state index in [0.717, 1.165) is 11.3 Å². The topological polar surface area (TPSA) is 50.4 Å². The molecule has 0 radical (unpaired) electrons. The summed E-state index contributed by atoms with van der Waals surface area (Å²) in [6.07, 6.45) is 0.489. The van der Waals surface area contributed by atoms with Crippen molar-refractivity contribution in [1.29, 1.82) is 0 Å². The van der Waals surface area contributed by atoms with Crippen molar-refractivity contribution < 1.29 is 9.53 Å². The Morgan fingerprint density at radius 2 is 2.11 bits per heavy atom. The van der Waals surface area contributed by atoms with E-state index in [1.165, 1.54) is 5.56 Å². The first-order valence-corrected chi connectivity index (χ1v) is 6.66. The summed E-state index contributed by atoms with van der Waals surface area (Å²) in [5.74, 6) is 1.35. The summed E-state index contributed by atoms with van der Waals surface area (Å²) in [6, 6.07) is 6.15. The molecule has 4 heteroatoms. The van der Waals surface area contributed by atoms with Crippen LogP contribution in [0.3, 0.4) is 0 Å². The van der Waals surface area contributed by atoms with Crippen molar-refractivity contribution in [3.8, 4) is 5.75 Å². The van der Waals surface area contributed by atoms with Crippen LogP contribution in [0.4, 0.5) is 0 Å². The molecule has 0 aromatic heterocycles. The van der Waals surface area contributed by atoms with Crippen LogP contribution >= 0.6 is 0 Å². The average molecular weight is 264 g/mol. The molecule has 0 bridgehead atoms. The van der Waals surface area contributed by atoms with E-state index >= 15 is 0 Å². The van der Waals surface area contributed by atoms with Gasteiger partial charge in [-0.3, -0.25) is 4.79 Å². The molecule has 0 aliphatic rings. The van der Waals surface area contributed by atoms with Gasteiger partial charge in [-0.15, -0.1) is 0 Å². The molecule has 0 aliphatic heterocycles. The summed E-state index contributed by atoms with van der Waals surface area (Å²) >= 11 is 0. The number of carbonyl (C=O) groups excluding carboxylic acids is 1. The molecule has 1 rings (SSSR count). The van der Waals surface area contributed by atoms with Gasteiger partial charge in [-0.1, -0.05) is 26.0 Å². The highest BCUT2D eigenvalue weighted by atomic mass is 16.5. The molecule has 0 fully saturated rings. The highest BCUT2D eigenvalue weighted by Crippen LogP contribution is 2.24. The quantitative estimate of drug-likeness (QED) is 0.792. The van der Waals surface area contributed by atoms with E-state index in [0.29, 0.717) is 25.4 Å². The minimum Gasteiger partial charge on any atom is -0.496 e. The maximum absolute atomic E-state index is 11.6. The zero-order valence-electron chi connectivity index (χ0n) is 12.2. The lowest BCUT2D eigenvalue weighted by molar-refractivity contribution is -0.121. The minimum atomic E-state index is 0.0457. The van der Waals surface area contributed by atoms with E-state index in [1.807, 2.05) is 19.2 Å². The van der Waals surface area contributed by atoms with Crippen LogP contribution in [0, 0.1) is 0 Å². The third-order valence-corrected chi connectivity index (χ3v) is 3.06. The molecule has 0 atom stereocenters. The zero-order valence-corrected chi connectivity index (χ0v) is 12.2. The van der Waals surface area contributed by atoms with Gasteiger partial charge in [-0.25, -0.2) is 0 Å². The first-order chi connectivity index (χ1) is 9.08. The van der Waals surface area contributed by atoms with Gasteiger partial charge in [-0.05, 0) is 24.6 Å². The second-order valence-corrected chi connectivity index (χ2v) is 4.86. The maximum atomic E-state index is 11.6. The van der Waals surface area contributed by atoms with Crippen molar-refractivity contribution >= 4 is 5.91 Å². The molecule has 0 spiro atoms. The second kappa shape index (κ2) is 7.79. The molecule has 0 unspecified atom stereocenters. The molecular weight excluding hydrogens is 240 g/mol. The Kier molecular flexibility index (Phi) is 6.36. The fourth-order valence-corrected chi connectivity index (χ4v) is 1.79. The van der Waals surface area contributed by atoms with Crippen molar-refractivity contribution in [1.82, 2.24) is 10.6 Å².